The van der Waals surface area contributed by atoms with Crippen LogP contribution in [0.5, 0.6) is 11.5 Å². The lowest BCUT2D eigenvalue weighted by molar-refractivity contribution is 0.0973. The molecule has 0 bridgehead atoms. The van der Waals surface area contributed by atoms with Gasteiger partial charge in [0.15, 0.2) is 0 Å². The first-order valence-corrected chi connectivity index (χ1v) is 11.1. The van der Waals surface area contributed by atoms with Crippen LogP contribution in [-0.2, 0) is 6.54 Å². The number of carbonyl (C=O) groups excluding carboxylic acids is 2. The topological polar surface area (TPSA) is 67.9 Å². The summed E-state index contributed by atoms with van der Waals surface area (Å²) in [6.07, 6.45) is 0. The fourth-order valence-corrected chi connectivity index (χ4v) is 4.31. The molecule has 0 atom stereocenters. The number of nitrogens with one attached hydrogen (secondary N) is 1. The molecule has 6 heteroatoms. The highest BCUT2D eigenvalue weighted by atomic mass is 16.5. The smallest absolute Gasteiger partial charge is 0.212 e. The normalized spacial score (nSPS) is 14.7. The molecule has 33 heavy (non-hydrogen) atoms. The van der Waals surface area contributed by atoms with Crippen molar-refractivity contribution < 1.29 is 19.1 Å². The molecule has 1 aliphatic heterocycles. The van der Waals surface area contributed by atoms with E-state index in [0.29, 0.717) is 36.6 Å². The molecule has 1 aliphatic carbocycles. The second-order valence-corrected chi connectivity index (χ2v) is 7.82. The molecule has 0 amide bonds. The average molecular weight is 440 g/mol. The molecule has 0 saturated heterocycles. The van der Waals surface area contributed by atoms with Crippen LogP contribution in [0.4, 0.5) is 11.4 Å². The zero-order valence-electron chi connectivity index (χ0n) is 18.6. The molecule has 0 spiro atoms. The Kier molecular flexibility index (Phi) is 5.34. The third-order valence-electron chi connectivity index (χ3n) is 5.80. The van der Waals surface area contributed by atoms with Crippen LogP contribution < -0.4 is 19.7 Å². The van der Waals surface area contributed by atoms with Crippen LogP contribution >= 0.6 is 0 Å². The SMILES string of the molecule is CCOc1ccc(N2Cc3cc(OCC)ccc3NC3=C2C(=O)c2ccccc2C3=O)cc1. The van der Waals surface area contributed by atoms with Gasteiger partial charge in [-0.1, -0.05) is 24.3 Å². The molecule has 3 aromatic carbocycles. The van der Waals surface area contributed by atoms with Crippen molar-refractivity contribution >= 4 is 22.9 Å². The van der Waals surface area contributed by atoms with Gasteiger partial charge in [-0.15, -0.1) is 0 Å². The maximum absolute atomic E-state index is 13.7. The van der Waals surface area contributed by atoms with Crippen LogP contribution in [-0.4, -0.2) is 24.8 Å². The Labute approximate surface area is 192 Å². The quantitative estimate of drug-likeness (QED) is 0.588. The third-order valence-corrected chi connectivity index (χ3v) is 5.80. The molecular formula is C27H24N2O4. The summed E-state index contributed by atoms with van der Waals surface area (Å²) in [6.45, 7) is 5.39. The van der Waals surface area contributed by atoms with Crippen LogP contribution in [0.25, 0.3) is 0 Å². The third kappa shape index (κ3) is 3.63. The molecule has 6 nitrogen and oxygen atoms in total. The maximum atomic E-state index is 13.7. The fraction of sp³-hybridized carbons (Fsp3) is 0.185. The number of ether oxygens (including phenoxy) is 2. The number of hydrogen-bond donors (Lipinski definition) is 1. The molecule has 5 rings (SSSR count). The van der Waals surface area contributed by atoms with Gasteiger partial charge < -0.3 is 19.7 Å². The van der Waals surface area contributed by atoms with Crippen molar-refractivity contribution in [3.8, 4) is 11.5 Å². The monoisotopic (exact) mass is 440 g/mol. The summed E-state index contributed by atoms with van der Waals surface area (Å²) in [5, 5.41) is 3.27. The zero-order valence-corrected chi connectivity index (χ0v) is 18.6. The van der Waals surface area contributed by atoms with Gasteiger partial charge in [-0.25, -0.2) is 0 Å². The predicted molar refractivity (Wildman–Crippen MR) is 127 cm³/mol. The predicted octanol–water partition coefficient (Wildman–Crippen LogP) is 5.21. The number of benzene rings is 3. The summed E-state index contributed by atoms with van der Waals surface area (Å²) in [4.78, 5) is 29.1. The van der Waals surface area contributed by atoms with Gasteiger partial charge in [-0.3, -0.25) is 9.59 Å². The number of hydrogen-bond acceptors (Lipinski definition) is 6. The zero-order chi connectivity index (χ0) is 22.9. The lowest BCUT2D eigenvalue weighted by Crippen LogP contribution is -2.34. The van der Waals surface area contributed by atoms with Crippen LogP contribution in [0.1, 0.15) is 40.1 Å². The van der Waals surface area contributed by atoms with Crippen molar-refractivity contribution in [3.05, 3.63) is 94.8 Å². The summed E-state index contributed by atoms with van der Waals surface area (Å²) in [5.74, 6) is 1.11. The summed E-state index contributed by atoms with van der Waals surface area (Å²) < 4.78 is 11.3. The number of ketones is 2. The van der Waals surface area contributed by atoms with Crippen molar-refractivity contribution in [1.82, 2.24) is 0 Å². The second-order valence-electron chi connectivity index (χ2n) is 7.82. The molecule has 0 aromatic heterocycles. The first-order chi connectivity index (χ1) is 16.1. The van der Waals surface area contributed by atoms with Crippen LogP contribution in [0, 0.1) is 0 Å². The van der Waals surface area contributed by atoms with E-state index < -0.39 is 0 Å². The Morgan fingerprint density at radius 3 is 2.15 bits per heavy atom. The lowest BCUT2D eigenvalue weighted by atomic mass is 9.89. The molecule has 1 heterocycles. The van der Waals surface area contributed by atoms with Crippen LogP contribution in [0.2, 0.25) is 0 Å². The standard InChI is InChI=1S/C27H24N2O4/c1-3-32-19-11-9-18(10-12-19)29-16-17-15-20(33-4-2)13-14-23(17)28-24-25(29)27(31)22-8-6-5-7-21(22)26(24)30/h5-15,28H,3-4,16H2,1-2H3. The van der Waals surface area contributed by atoms with E-state index in [0.717, 1.165) is 28.4 Å². The molecule has 2 aliphatic rings. The first kappa shape index (κ1) is 20.8. The van der Waals surface area contributed by atoms with Gasteiger partial charge in [0.05, 0.1) is 19.8 Å². The number of nitrogens with zero attached hydrogens (tertiary/aromatic N) is 1. The second kappa shape index (κ2) is 8.47. The average Bonchev–Trinajstić information content (AvgIpc) is 3.01. The van der Waals surface area contributed by atoms with E-state index in [1.807, 2.05) is 61.2 Å². The van der Waals surface area contributed by atoms with E-state index in [1.165, 1.54) is 0 Å². The van der Waals surface area contributed by atoms with Crippen LogP contribution in [0.3, 0.4) is 0 Å². The first-order valence-electron chi connectivity index (χ1n) is 11.1. The summed E-state index contributed by atoms with van der Waals surface area (Å²) in [7, 11) is 0. The van der Waals surface area contributed by atoms with Gasteiger partial charge in [-0.2, -0.15) is 0 Å². The van der Waals surface area contributed by atoms with Gasteiger partial charge in [0.2, 0.25) is 11.6 Å². The number of fused-ring (bicyclic) bond motifs is 2. The van der Waals surface area contributed by atoms with E-state index >= 15 is 0 Å². The highest BCUT2D eigenvalue weighted by Crippen LogP contribution is 2.38. The number of anilines is 2. The highest BCUT2D eigenvalue weighted by Gasteiger charge is 2.38. The minimum atomic E-state index is -0.196. The Morgan fingerprint density at radius 2 is 1.45 bits per heavy atom. The number of Topliss-reactive ketones (excluding diaryl/α,β-unsaturated/α-hetero) is 2. The van der Waals surface area contributed by atoms with Gasteiger partial charge in [0.25, 0.3) is 0 Å². The van der Waals surface area contributed by atoms with Gasteiger partial charge in [-0.05, 0) is 61.9 Å². The van der Waals surface area contributed by atoms with Crippen molar-refractivity contribution in [1.29, 1.82) is 0 Å². The van der Waals surface area contributed by atoms with Crippen molar-refractivity contribution in [3.63, 3.8) is 0 Å². The molecular weight excluding hydrogens is 416 g/mol. The van der Waals surface area contributed by atoms with Gasteiger partial charge in [0, 0.05) is 22.5 Å². The van der Waals surface area contributed by atoms with Crippen molar-refractivity contribution in [2.75, 3.05) is 23.4 Å². The van der Waals surface area contributed by atoms with E-state index in [9.17, 15) is 9.59 Å². The fourth-order valence-electron chi connectivity index (χ4n) is 4.31. The number of rotatable bonds is 5. The Morgan fingerprint density at radius 1 is 0.818 bits per heavy atom. The molecule has 1 N–H and O–H groups in total. The van der Waals surface area contributed by atoms with Crippen molar-refractivity contribution in [2.24, 2.45) is 0 Å². The summed E-state index contributed by atoms with van der Waals surface area (Å²) >= 11 is 0. The Bertz CT molecular complexity index is 1280. The lowest BCUT2D eigenvalue weighted by Gasteiger charge is -2.29. The molecule has 166 valence electrons. The van der Waals surface area contributed by atoms with E-state index in [4.69, 9.17) is 9.47 Å². The molecule has 0 fully saturated rings. The minimum absolute atomic E-state index is 0.181. The largest absolute Gasteiger partial charge is 0.494 e. The number of allylic oxidation sites excluding steroid dienone is 2. The Hall–Kier alpha value is -4.06. The summed E-state index contributed by atoms with van der Waals surface area (Å²) in [5.41, 5.74) is 3.96. The van der Waals surface area contributed by atoms with E-state index in [1.54, 1.807) is 24.3 Å². The van der Waals surface area contributed by atoms with Crippen molar-refractivity contribution in [2.45, 2.75) is 20.4 Å². The minimum Gasteiger partial charge on any atom is -0.494 e. The van der Waals surface area contributed by atoms with E-state index in [2.05, 4.69) is 5.32 Å². The molecule has 3 aromatic rings. The molecule has 0 saturated carbocycles. The number of carbonyl (C=O) groups is 2. The van der Waals surface area contributed by atoms with Gasteiger partial charge >= 0.3 is 0 Å². The van der Waals surface area contributed by atoms with Crippen LogP contribution in [0.15, 0.2) is 78.1 Å². The maximum Gasteiger partial charge on any atom is 0.212 e. The highest BCUT2D eigenvalue weighted by molar-refractivity contribution is 6.29. The van der Waals surface area contributed by atoms with Gasteiger partial charge in [0.1, 0.15) is 22.9 Å². The Balaban J connectivity index is 1.67. The molecule has 0 unspecified atom stereocenters. The van der Waals surface area contributed by atoms with E-state index in [-0.39, 0.29) is 17.3 Å². The molecule has 0 radical (unpaired) electrons. The summed E-state index contributed by atoms with van der Waals surface area (Å²) in [6, 6.07) is 20.2.